The summed E-state index contributed by atoms with van der Waals surface area (Å²) in [5.41, 5.74) is 0. The summed E-state index contributed by atoms with van der Waals surface area (Å²) in [4.78, 5) is 11.9. The SMILES string of the molecule is CCCC(CCBr)CNC(=O)C(C)(C)S(C)(=O)=O. The smallest absolute Gasteiger partial charge is 0.240 e. The van der Waals surface area contributed by atoms with Gasteiger partial charge >= 0.3 is 0 Å². The van der Waals surface area contributed by atoms with Crippen molar-refractivity contribution >= 4 is 31.7 Å². The van der Waals surface area contributed by atoms with Crippen LogP contribution >= 0.6 is 15.9 Å². The highest BCUT2D eigenvalue weighted by atomic mass is 79.9. The number of nitrogens with one attached hydrogen (secondary N) is 1. The van der Waals surface area contributed by atoms with Crippen molar-refractivity contribution in [2.75, 3.05) is 18.1 Å². The molecule has 0 fully saturated rings. The van der Waals surface area contributed by atoms with Gasteiger partial charge in [-0.15, -0.1) is 0 Å². The van der Waals surface area contributed by atoms with Crippen LogP contribution in [0.5, 0.6) is 0 Å². The van der Waals surface area contributed by atoms with Crippen LogP contribution in [0.4, 0.5) is 0 Å². The fraction of sp³-hybridized carbons (Fsp3) is 0.917. The summed E-state index contributed by atoms with van der Waals surface area (Å²) in [6.45, 7) is 5.52. The molecule has 0 aromatic heterocycles. The van der Waals surface area contributed by atoms with Crippen LogP contribution in [0, 0.1) is 5.92 Å². The fourth-order valence-electron chi connectivity index (χ4n) is 1.53. The summed E-state index contributed by atoms with van der Waals surface area (Å²) in [7, 11) is -3.40. The minimum absolute atomic E-state index is 0.397. The lowest BCUT2D eigenvalue weighted by atomic mass is 10.0. The Morgan fingerprint density at radius 3 is 2.28 bits per heavy atom. The van der Waals surface area contributed by atoms with Gasteiger partial charge in [-0.25, -0.2) is 8.42 Å². The molecule has 0 aliphatic rings. The predicted molar refractivity (Wildman–Crippen MR) is 78.7 cm³/mol. The second-order valence-electron chi connectivity index (χ2n) is 5.12. The van der Waals surface area contributed by atoms with Gasteiger partial charge in [0.15, 0.2) is 9.84 Å². The Bertz CT molecular complexity index is 360. The van der Waals surface area contributed by atoms with Gasteiger partial charge in [-0.1, -0.05) is 29.3 Å². The first-order valence-corrected chi connectivity index (χ1v) is 9.22. The molecule has 0 radical (unpaired) electrons. The summed E-state index contributed by atoms with van der Waals surface area (Å²) in [5.74, 6) is -0.0191. The molecule has 4 nitrogen and oxygen atoms in total. The number of hydrogen-bond donors (Lipinski definition) is 1. The van der Waals surface area contributed by atoms with E-state index in [0.717, 1.165) is 30.8 Å². The average Bonchev–Trinajstić information content (AvgIpc) is 2.24. The van der Waals surface area contributed by atoms with E-state index in [1.165, 1.54) is 13.8 Å². The predicted octanol–water partition coefficient (Wildman–Crippen LogP) is 2.13. The average molecular weight is 342 g/mol. The van der Waals surface area contributed by atoms with Gasteiger partial charge in [-0.2, -0.15) is 0 Å². The van der Waals surface area contributed by atoms with Crippen LogP contribution in [0.2, 0.25) is 0 Å². The first kappa shape index (κ1) is 17.9. The zero-order valence-corrected chi connectivity index (χ0v) is 14.0. The minimum Gasteiger partial charge on any atom is -0.354 e. The van der Waals surface area contributed by atoms with Crippen molar-refractivity contribution in [1.82, 2.24) is 5.32 Å². The zero-order valence-electron chi connectivity index (χ0n) is 11.6. The molecule has 0 bridgehead atoms. The van der Waals surface area contributed by atoms with Crippen LogP contribution in [0.25, 0.3) is 0 Å². The molecule has 0 heterocycles. The van der Waals surface area contributed by atoms with Gasteiger partial charge in [0.05, 0.1) is 0 Å². The quantitative estimate of drug-likeness (QED) is 0.688. The first-order valence-electron chi connectivity index (χ1n) is 6.20. The van der Waals surface area contributed by atoms with Crippen LogP contribution in [0.3, 0.4) is 0 Å². The largest absolute Gasteiger partial charge is 0.354 e. The third-order valence-electron chi connectivity index (χ3n) is 3.24. The van der Waals surface area contributed by atoms with Crippen molar-refractivity contribution < 1.29 is 13.2 Å². The Labute approximate surface area is 119 Å². The zero-order chi connectivity index (χ0) is 14.4. The molecule has 1 N–H and O–H groups in total. The number of sulfone groups is 1. The van der Waals surface area contributed by atoms with E-state index in [9.17, 15) is 13.2 Å². The van der Waals surface area contributed by atoms with Crippen LogP contribution in [-0.4, -0.2) is 37.2 Å². The molecule has 18 heavy (non-hydrogen) atoms. The molecule has 0 aliphatic heterocycles. The third-order valence-corrected chi connectivity index (χ3v) is 5.74. The highest BCUT2D eigenvalue weighted by Gasteiger charge is 2.38. The van der Waals surface area contributed by atoms with Gasteiger partial charge < -0.3 is 5.32 Å². The maximum atomic E-state index is 11.9. The Morgan fingerprint density at radius 2 is 1.89 bits per heavy atom. The lowest BCUT2D eigenvalue weighted by Gasteiger charge is -2.23. The molecule has 0 spiro atoms. The molecular weight excluding hydrogens is 318 g/mol. The number of amides is 1. The van der Waals surface area contributed by atoms with E-state index in [4.69, 9.17) is 0 Å². The standard InChI is InChI=1S/C12H24BrNO3S/c1-5-6-10(7-8-13)9-14-11(15)12(2,3)18(4,16)17/h10H,5-9H2,1-4H3,(H,14,15). The first-order chi connectivity index (χ1) is 8.16. The van der Waals surface area contributed by atoms with Gasteiger partial charge in [0.25, 0.3) is 0 Å². The molecule has 0 saturated carbocycles. The van der Waals surface area contributed by atoms with Gasteiger partial charge in [0, 0.05) is 18.1 Å². The van der Waals surface area contributed by atoms with Crippen LogP contribution < -0.4 is 5.32 Å². The minimum atomic E-state index is -3.40. The molecular formula is C12H24BrNO3S. The molecule has 0 aromatic rings. The van der Waals surface area contributed by atoms with Crippen molar-refractivity contribution in [3.05, 3.63) is 0 Å². The van der Waals surface area contributed by atoms with Crippen molar-refractivity contribution in [3.63, 3.8) is 0 Å². The maximum Gasteiger partial charge on any atom is 0.240 e. The molecule has 1 unspecified atom stereocenters. The van der Waals surface area contributed by atoms with Crippen molar-refractivity contribution in [2.24, 2.45) is 5.92 Å². The second kappa shape index (κ2) is 7.48. The molecule has 1 amide bonds. The molecule has 0 aromatic carbocycles. The fourth-order valence-corrected chi connectivity index (χ4v) is 2.59. The van der Waals surface area contributed by atoms with Crippen molar-refractivity contribution in [3.8, 4) is 0 Å². The normalized spacial score (nSPS) is 14.3. The van der Waals surface area contributed by atoms with E-state index in [-0.39, 0.29) is 0 Å². The Kier molecular flexibility index (Phi) is 7.44. The molecule has 0 aliphatic carbocycles. The van der Waals surface area contributed by atoms with E-state index in [1.807, 2.05) is 0 Å². The monoisotopic (exact) mass is 341 g/mol. The third kappa shape index (κ3) is 5.26. The number of carbonyl (C=O) groups excluding carboxylic acids is 1. The van der Waals surface area contributed by atoms with Crippen molar-refractivity contribution in [1.29, 1.82) is 0 Å². The number of alkyl halides is 1. The summed E-state index contributed by atoms with van der Waals surface area (Å²) >= 11 is 3.39. The van der Waals surface area contributed by atoms with Crippen LogP contribution in [0.15, 0.2) is 0 Å². The van der Waals surface area contributed by atoms with E-state index in [0.29, 0.717) is 12.5 Å². The van der Waals surface area contributed by atoms with E-state index >= 15 is 0 Å². The summed E-state index contributed by atoms with van der Waals surface area (Å²) in [6, 6.07) is 0. The van der Waals surface area contributed by atoms with Gasteiger partial charge in [-0.05, 0) is 32.6 Å². The van der Waals surface area contributed by atoms with Crippen LogP contribution in [-0.2, 0) is 14.6 Å². The Balaban J connectivity index is 4.49. The summed E-state index contributed by atoms with van der Waals surface area (Å²) in [6.07, 6.45) is 4.16. The van der Waals surface area contributed by atoms with Gasteiger partial charge in [0.1, 0.15) is 4.75 Å². The number of hydrogen-bond acceptors (Lipinski definition) is 3. The summed E-state index contributed by atoms with van der Waals surface area (Å²) in [5, 5.41) is 3.65. The number of carbonyl (C=O) groups is 1. The second-order valence-corrected chi connectivity index (χ2v) is 8.48. The summed E-state index contributed by atoms with van der Waals surface area (Å²) < 4.78 is 21.7. The molecule has 6 heteroatoms. The molecule has 0 saturated heterocycles. The highest BCUT2D eigenvalue weighted by Crippen LogP contribution is 2.16. The van der Waals surface area contributed by atoms with Crippen molar-refractivity contribution in [2.45, 2.75) is 44.8 Å². The Hall–Kier alpha value is -0.100. The maximum absolute atomic E-state index is 11.9. The van der Waals surface area contributed by atoms with E-state index < -0.39 is 20.5 Å². The number of rotatable bonds is 8. The topological polar surface area (TPSA) is 63.2 Å². The van der Waals surface area contributed by atoms with E-state index in [1.54, 1.807) is 0 Å². The molecule has 108 valence electrons. The lowest BCUT2D eigenvalue weighted by molar-refractivity contribution is -0.123. The highest BCUT2D eigenvalue weighted by molar-refractivity contribution is 9.09. The molecule has 0 rings (SSSR count). The molecule has 1 atom stereocenters. The van der Waals surface area contributed by atoms with E-state index in [2.05, 4.69) is 28.2 Å². The Morgan fingerprint density at radius 1 is 1.33 bits per heavy atom. The van der Waals surface area contributed by atoms with Crippen LogP contribution in [0.1, 0.15) is 40.0 Å². The van der Waals surface area contributed by atoms with Gasteiger partial charge in [0.2, 0.25) is 5.91 Å². The lowest BCUT2D eigenvalue weighted by Crippen LogP contribution is -2.48. The number of halogens is 1. The van der Waals surface area contributed by atoms with Gasteiger partial charge in [-0.3, -0.25) is 4.79 Å².